The molecule has 0 bridgehead atoms. The Kier molecular flexibility index (Phi) is 5.10. The number of aromatic nitrogens is 2. The Balaban J connectivity index is 1.93. The zero-order chi connectivity index (χ0) is 15.1. The first kappa shape index (κ1) is 15.2. The van der Waals surface area contributed by atoms with Crippen molar-refractivity contribution < 1.29 is 8.42 Å². The summed E-state index contributed by atoms with van der Waals surface area (Å²) >= 11 is 0. The van der Waals surface area contributed by atoms with E-state index in [1.807, 2.05) is 19.1 Å². The van der Waals surface area contributed by atoms with E-state index in [1.54, 1.807) is 24.5 Å². The molecule has 7 heteroatoms. The molecular formula is C14H18N4O2S. The van der Waals surface area contributed by atoms with Crippen LogP contribution >= 0.6 is 0 Å². The number of hydrogen-bond donors (Lipinski definition) is 2. The summed E-state index contributed by atoms with van der Waals surface area (Å²) in [5.41, 5.74) is 1.57. The molecular weight excluding hydrogens is 288 g/mol. The summed E-state index contributed by atoms with van der Waals surface area (Å²) in [4.78, 5) is 8.14. The molecule has 0 aliphatic rings. The maximum Gasteiger partial charge on any atom is 0.232 e. The molecule has 0 atom stereocenters. The van der Waals surface area contributed by atoms with Crippen LogP contribution in [0, 0.1) is 0 Å². The molecule has 0 aromatic carbocycles. The summed E-state index contributed by atoms with van der Waals surface area (Å²) < 4.78 is 25.8. The third-order valence-electron chi connectivity index (χ3n) is 2.73. The van der Waals surface area contributed by atoms with Gasteiger partial charge in [-0.05, 0) is 36.2 Å². The molecule has 0 spiro atoms. The number of sulfonamides is 1. The Morgan fingerprint density at radius 3 is 2.52 bits per heavy atom. The van der Waals surface area contributed by atoms with E-state index in [0.717, 1.165) is 5.56 Å². The normalized spacial score (nSPS) is 11.1. The lowest BCUT2D eigenvalue weighted by Gasteiger charge is -2.08. The quantitative estimate of drug-likeness (QED) is 0.819. The van der Waals surface area contributed by atoms with Gasteiger partial charge in [0.2, 0.25) is 10.0 Å². The van der Waals surface area contributed by atoms with Crippen LogP contribution in [0.1, 0.15) is 18.9 Å². The van der Waals surface area contributed by atoms with Crippen molar-refractivity contribution in [1.82, 2.24) is 9.97 Å². The third kappa shape index (κ3) is 5.03. The van der Waals surface area contributed by atoms with Crippen LogP contribution in [0.25, 0.3) is 0 Å². The van der Waals surface area contributed by atoms with Gasteiger partial charge in [0.25, 0.3) is 0 Å². The highest BCUT2D eigenvalue weighted by Gasteiger charge is 2.08. The number of anilines is 2. The summed E-state index contributed by atoms with van der Waals surface area (Å²) in [6.45, 7) is 2.46. The lowest BCUT2D eigenvalue weighted by atomic mass is 10.3. The van der Waals surface area contributed by atoms with Gasteiger partial charge in [-0.2, -0.15) is 0 Å². The fourth-order valence-corrected chi connectivity index (χ4v) is 2.87. The van der Waals surface area contributed by atoms with Gasteiger partial charge >= 0.3 is 0 Å². The van der Waals surface area contributed by atoms with Gasteiger partial charge in [0.1, 0.15) is 5.82 Å². The molecule has 2 heterocycles. The second-order valence-electron chi connectivity index (χ2n) is 4.56. The molecule has 0 amide bonds. The van der Waals surface area contributed by atoms with E-state index in [-0.39, 0.29) is 5.75 Å². The van der Waals surface area contributed by atoms with Crippen LogP contribution in [0.4, 0.5) is 11.5 Å². The van der Waals surface area contributed by atoms with E-state index in [0.29, 0.717) is 24.5 Å². The van der Waals surface area contributed by atoms with Gasteiger partial charge in [-0.25, -0.2) is 13.4 Å². The third-order valence-corrected chi connectivity index (χ3v) is 4.23. The van der Waals surface area contributed by atoms with E-state index in [4.69, 9.17) is 0 Å². The van der Waals surface area contributed by atoms with Gasteiger partial charge in [-0.15, -0.1) is 0 Å². The fraction of sp³-hybridized carbons (Fsp3) is 0.286. The smallest absolute Gasteiger partial charge is 0.232 e. The molecule has 2 N–H and O–H groups in total. The topological polar surface area (TPSA) is 84.0 Å². The van der Waals surface area contributed by atoms with Crippen LogP contribution in [0.3, 0.4) is 0 Å². The number of nitrogens with zero attached hydrogens (tertiary/aromatic N) is 2. The van der Waals surface area contributed by atoms with Crippen molar-refractivity contribution in [2.75, 3.05) is 15.8 Å². The van der Waals surface area contributed by atoms with Crippen LogP contribution in [0.15, 0.2) is 42.9 Å². The summed E-state index contributed by atoms with van der Waals surface area (Å²) in [5, 5.41) is 3.16. The average molecular weight is 306 g/mol. The molecule has 0 fully saturated rings. The molecule has 0 unspecified atom stereocenters. The minimum Gasteiger partial charge on any atom is -0.366 e. The molecule has 2 aromatic heterocycles. The number of nitrogens with one attached hydrogen (secondary N) is 2. The molecule has 0 radical (unpaired) electrons. The van der Waals surface area contributed by atoms with E-state index >= 15 is 0 Å². The Morgan fingerprint density at radius 2 is 1.90 bits per heavy atom. The van der Waals surface area contributed by atoms with Crippen molar-refractivity contribution in [2.45, 2.75) is 19.9 Å². The largest absolute Gasteiger partial charge is 0.366 e. The zero-order valence-corrected chi connectivity index (χ0v) is 12.6. The second kappa shape index (κ2) is 7.03. The number of hydrogen-bond acceptors (Lipinski definition) is 5. The monoisotopic (exact) mass is 306 g/mol. The average Bonchev–Trinajstić information content (AvgIpc) is 2.47. The van der Waals surface area contributed by atoms with Crippen LogP contribution < -0.4 is 10.0 Å². The van der Waals surface area contributed by atoms with Crippen molar-refractivity contribution in [3.8, 4) is 0 Å². The first-order valence-electron chi connectivity index (χ1n) is 6.68. The van der Waals surface area contributed by atoms with Gasteiger partial charge in [0.05, 0.1) is 17.6 Å². The summed E-state index contributed by atoms with van der Waals surface area (Å²) in [6.07, 6.45) is 5.54. The number of pyridine rings is 2. The maximum absolute atomic E-state index is 11.6. The maximum atomic E-state index is 11.6. The molecule has 21 heavy (non-hydrogen) atoms. The van der Waals surface area contributed by atoms with Crippen LogP contribution in [0.5, 0.6) is 0 Å². The molecule has 0 aliphatic heterocycles. The lowest BCUT2D eigenvalue weighted by Crippen LogP contribution is -2.16. The fourth-order valence-electron chi connectivity index (χ4n) is 1.75. The van der Waals surface area contributed by atoms with Gasteiger partial charge in [0, 0.05) is 18.9 Å². The summed E-state index contributed by atoms with van der Waals surface area (Å²) in [5.74, 6) is 0.792. The predicted octanol–water partition coefficient (Wildman–Crippen LogP) is 2.24. The first-order valence-corrected chi connectivity index (χ1v) is 8.33. The van der Waals surface area contributed by atoms with E-state index in [2.05, 4.69) is 20.0 Å². The highest BCUT2D eigenvalue weighted by atomic mass is 32.2. The Labute approximate surface area is 124 Å². The van der Waals surface area contributed by atoms with E-state index < -0.39 is 10.0 Å². The lowest BCUT2D eigenvalue weighted by molar-refractivity contribution is 0.600. The highest BCUT2D eigenvalue weighted by Crippen LogP contribution is 2.12. The zero-order valence-electron chi connectivity index (χ0n) is 11.8. The minimum atomic E-state index is -3.27. The molecule has 112 valence electrons. The molecule has 2 rings (SSSR count). The second-order valence-corrected chi connectivity index (χ2v) is 6.40. The van der Waals surface area contributed by atoms with Crippen molar-refractivity contribution >= 4 is 21.5 Å². The molecule has 2 aromatic rings. The van der Waals surface area contributed by atoms with Crippen LogP contribution in [-0.2, 0) is 16.6 Å². The van der Waals surface area contributed by atoms with Crippen molar-refractivity contribution in [3.63, 3.8) is 0 Å². The molecule has 6 nitrogen and oxygen atoms in total. The van der Waals surface area contributed by atoms with Crippen LogP contribution in [0.2, 0.25) is 0 Å². The molecule has 0 aliphatic carbocycles. The van der Waals surface area contributed by atoms with Gasteiger partial charge in [-0.3, -0.25) is 9.71 Å². The van der Waals surface area contributed by atoms with Crippen molar-refractivity contribution in [1.29, 1.82) is 0 Å². The van der Waals surface area contributed by atoms with Gasteiger partial charge in [0.15, 0.2) is 0 Å². The highest BCUT2D eigenvalue weighted by molar-refractivity contribution is 7.92. The number of rotatable bonds is 7. The Bertz CT molecular complexity index is 657. The van der Waals surface area contributed by atoms with E-state index in [9.17, 15) is 8.42 Å². The molecule has 0 saturated heterocycles. The Hall–Kier alpha value is -2.15. The SMILES string of the molecule is CCCS(=O)(=O)Nc1ccc(NCc2ccncc2)nc1. The van der Waals surface area contributed by atoms with Crippen molar-refractivity contribution in [2.24, 2.45) is 0 Å². The van der Waals surface area contributed by atoms with Gasteiger partial charge in [-0.1, -0.05) is 6.92 Å². The summed E-state index contributed by atoms with van der Waals surface area (Å²) in [6, 6.07) is 7.26. The van der Waals surface area contributed by atoms with Crippen LogP contribution in [-0.4, -0.2) is 24.1 Å². The first-order chi connectivity index (χ1) is 10.1. The molecule has 0 saturated carbocycles. The van der Waals surface area contributed by atoms with Gasteiger partial charge < -0.3 is 5.32 Å². The summed E-state index contributed by atoms with van der Waals surface area (Å²) in [7, 11) is -3.27. The predicted molar refractivity (Wildman–Crippen MR) is 83.5 cm³/mol. The Morgan fingerprint density at radius 1 is 1.14 bits per heavy atom. The minimum absolute atomic E-state index is 0.106. The standard InChI is InChI=1S/C14H18N4O2S/c1-2-9-21(19,20)18-13-3-4-14(17-11-13)16-10-12-5-7-15-8-6-12/h3-8,11,18H,2,9-10H2,1H3,(H,16,17). The van der Waals surface area contributed by atoms with E-state index in [1.165, 1.54) is 6.20 Å². The van der Waals surface area contributed by atoms with Crippen molar-refractivity contribution in [3.05, 3.63) is 48.4 Å².